The van der Waals surface area contributed by atoms with E-state index in [1.807, 2.05) is 0 Å². The van der Waals surface area contributed by atoms with Gasteiger partial charge in [-0.3, -0.25) is 4.79 Å². The Balaban J connectivity index is 1.47. The smallest absolute Gasteiger partial charge is 0.344 e. The van der Waals surface area contributed by atoms with Crippen molar-refractivity contribution in [3.05, 3.63) is 0 Å². The number of carbonyl (C=O) groups excluding carboxylic acids is 2. The van der Waals surface area contributed by atoms with Crippen LogP contribution in [0.5, 0.6) is 0 Å². The van der Waals surface area contributed by atoms with E-state index in [1.54, 1.807) is 0 Å². The number of nitrogens with one attached hydrogen (secondary N) is 1. The molecule has 4 aliphatic carbocycles. The number of rotatable bonds is 7. The molecule has 0 aromatic heterocycles. The summed E-state index contributed by atoms with van der Waals surface area (Å²) < 4.78 is 10.7. The van der Waals surface area contributed by atoms with Gasteiger partial charge in [0.15, 0.2) is 6.61 Å². The Morgan fingerprint density at radius 2 is 1.70 bits per heavy atom. The molecule has 0 aromatic carbocycles. The van der Waals surface area contributed by atoms with Gasteiger partial charge in [0.05, 0.1) is 13.2 Å². The largest absolute Gasteiger partial charge is 0.456 e. The standard InChI is InChI=1S/C17H27NO5/c1-17(13-5-11-4-12(7-13)8-14(17)6-11)23-16(21)10-22-15(20)9-18-2-3-19/h11-14,18-19H,2-10H2,1H3. The molecule has 0 amide bonds. The quantitative estimate of drug-likeness (QED) is 0.534. The highest BCUT2D eigenvalue weighted by molar-refractivity contribution is 5.77. The summed E-state index contributed by atoms with van der Waals surface area (Å²) in [5, 5.41) is 11.3. The number of carbonyl (C=O) groups is 2. The molecule has 130 valence electrons. The van der Waals surface area contributed by atoms with Gasteiger partial charge in [-0.15, -0.1) is 0 Å². The highest BCUT2D eigenvalue weighted by Gasteiger charge is 2.57. The summed E-state index contributed by atoms with van der Waals surface area (Å²) >= 11 is 0. The van der Waals surface area contributed by atoms with Crippen LogP contribution in [0.25, 0.3) is 0 Å². The first kappa shape index (κ1) is 16.7. The molecule has 4 aliphatic rings. The molecule has 4 bridgehead atoms. The molecule has 4 fully saturated rings. The molecule has 4 saturated carbocycles. The highest BCUT2D eigenvalue weighted by Crippen LogP contribution is 2.59. The lowest BCUT2D eigenvalue weighted by Gasteiger charge is -2.59. The first-order chi connectivity index (χ1) is 11.0. The fourth-order valence-electron chi connectivity index (χ4n) is 5.02. The maximum Gasteiger partial charge on any atom is 0.344 e. The molecule has 0 radical (unpaired) electrons. The van der Waals surface area contributed by atoms with Crippen LogP contribution in [-0.2, 0) is 19.1 Å². The Hall–Kier alpha value is -1.14. The zero-order valence-electron chi connectivity index (χ0n) is 13.8. The molecule has 0 heterocycles. The van der Waals surface area contributed by atoms with Crippen LogP contribution in [0.15, 0.2) is 0 Å². The van der Waals surface area contributed by atoms with E-state index in [0.29, 0.717) is 18.4 Å². The van der Waals surface area contributed by atoms with E-state index in [-0.39, 0.29) is 25.4 Å². The van der Waals surface area contributed by atoms with Crippen molar-refractivity contribution >= 4 is 11.9 Å². The van der Waals surface area contributed by atoms with E-state index in [9.17, 15) is 9.59 Å². The predicted octanol–water partition coefficient (Wildman–Crippen LogP) is 0.869. The molecule has 0 aromatic rings. The van der Waals surface area contributed by atoms with E-state index in [0.717, 1.165) is 11.8 Å². The van der Waals surface area contributed by atoms with Gasteiger partial charge in [0.1, 0.15) is 5.60 Å². The number of aliphatic hydroxyl groups is 1. The average Bonchev–Trinajstić information content (AvgIpc) is 2.50. The summed E-state index contributed by atoms with van der Waals surface area (Å²) in [6.45, 7) is 2.01. The summed E-state index contributed by atoms with van der Waals surface area (Å²) in [5.74, 6) is 1.61. The molecule has 0 atom stereocenters. The molecular formula is C17H27NO5. The molecule has 0 spiro atoms. The van der Waals surface area contributed by atoms with Crippen LogP contribution >= 0.6 is 0 Å². The van der Waals surface area contributed by atoms with Crippen LogP contribution in [0.3, 0.4) is 0 Å². The van der Waals surface area contributed by atoms with Crippen molar-refractivity contribution in [2.45, 2.75) is 44.6 Å². The number of aliphatic hydroxyl groups excluding tert-OH is 1. The normalized spacial score (nSPS) is 37.7. The monoisotopic (exact) mass is 325 g/mol. The van der Waals surface area contributed by atoms with Gasteiger partial charge in [-0.25, -0.2) is 4.79 Å². The number of ether oxygens (including phenoxy) is 2. The fourth-order valence-corrected chi connectivity index (χ4v) is 5.02. The lowest BCUT2D eigenvalue weighted by atomic mass is 9.50. The second-order valence-electron chi connectivity index (χ2n) is 7.52. The third kappa shape index (κ3) is 3.53. The lowest BCUT2D eigenvalue weighted by Crippen LogP contribution is -2.58. The Bertz CT molecular complexity index is 436. The van der Waals surface area contributed by atoms with E-state index in [1.165, 1.54) is 32.1 Å². The van der Waals surface area contributed by atoms with Gasteiger partial charge in [-0.2, -0.15) is 0 Å². The van der Waals surface area contributed by atoms with E-state index < -0.39 is 11.9 Å². The van der Waals surface area contributed by atoms with Gasteiger partial charge in [-0.1, -0.05) is 0 Å². The Labute approximate surface area is 136 Å². The Morgan fingerprint density at radius 3 is 2.26 bits per heavy atom. The van der Waals surface area contributed by atoms with Gasteiger partial charge in [0, 0.05) is 6.54 Å². The first-order valence-corrected chi connectivity index (χ1v) is 8.70. The minimum absolute atomic E-state index is 0.0142. The second kappa shape index (κ2) is 6.77. The Kier molecular flexibility index (Phi) is 4.92. The van der Waals surface area contributed by atoms with Gasteiger partial charge >= 0.3 is 11.9 Å². The molecule has 6 heteroatoms. The minimum Gasteiger partial charge on any atom is -0.456 e. The molecule has 6 nitrogen and oxygen atoms in total. The molecule has 0 saturated heterocycles. The maximum atomic E-state index is 12.1. The summed E-state index contributed by atoms with van der Waals surface area (Å²) in [7, 11) is 0. The topological polar surface area (TPSA) is 84.9 Å². The van der Waals surface area contributed by atoms with Crippen LogP contribution in [-0.4, -0.2) is 48.9 Å². The van der Waals surface area contributed by atoms with Crippen molar-refractivity contribution in [1.29, 1.82) is 0 Å². The summed E-state index contributed by atoms with van der Waals surface area (Å²) in [6, 6.07) is 0. The number of hydrogen-bond acceptors (Lipinski definition) is 6. The first-order valence-electron chi connectivity index (χ1n) is 8.70. The second-order valence-corrected chi connectivity index (χ2v) is 7.52. The molecule has 23 heavy (non-hydrogen) atoms. The summed E-state index contributed by atoms with van der Waals surface area (Å²) in [5.41, 5.74) is -0.383. The van der Waals surface area contributed by atoms with Crippen LogP contribution in [0.1, 0.15) is 39.0 Å². The highest BCUT2D eigenvalue weighted by atomic mass is 16.6. The van der Waals surface area contributed by atoms with Crippen molar-refractivity contribution in [2.24, 2.45) is 23.7 Å². The predicted molar refractivity (Wildman–Crippen MR) is 82.5 cm³/mol. The van der Waals surface area contributed by atoms with Gasteiger partial charge in [0.25, 0.3) is 0 Å². The van der Waals surface area contributed by atoms with Crippen LogP contribution in [0.4, 0.5) is 0 Å². The van der Waals surface area contributed by atoms with Crippen LogP contribution in [0.2, 0.25) is 0 Å². The SMILES string of the molecule is CC1(OC(=O)COC(=O)CNCCO)C2CC3CC(C2)CC1C3. The van der Waals surface area contributed by atoms with Crippen molar-refractivity contribution in [3.8, 4) is 0 Å². The third-order valence-electron chi connectivity index (χ3n) is 6.00. The molecule has 0 unspecified atom stereocenters. The zero-order chi connectivity index (χ0) is 16.4. The lowest BCUT2D eigenvalue weighted by molar-refractivity contribution is -0.207. The Morgan fingerprint density at radius 1 is 1.09 bits per heavy atom. The minimum atomic E-state index is -0.509. The van der Waals surface area contributed by atoms with Crippen molar-refractivity contribution in [1.82, 2.24) is 5.32 Å². The van der Waals surface area contributed by atoms with Crippen molar-refractivity contribution < 1.29 is 24.2 Å². The van der Waals surface area contributed by atoms with Crippen molar-refractivity contribution in [2.75, 3.05) is 26.3 Å². The van der Waals surface area contributed by atoms with E-state index in [4.69, 9.17) is 14.6 Å². The summed E-state index contributed by atoms with van der Waals surface area (Å²) in [4.78, 5) is 23.6. The molecular weight excluding hydrogens is 298 g/mol. The zero-order valence-corrected chi connectivity index (χ0v) is 13.8. The molecule has 0 aliphatic heterocycles. The van der Waals surface area contributed by atoms with Gasteiger partial charge in [0.2, 0.25) is 0 Å². The van der Waals surface area contributed by atoms with Crippen molar-refractivity contribution in [3.63, 3.8) is 0 Å². The third-order valence-corrected chi connectivity index (χ3v) is 6.00. The van der Waals surface area contributed by atoms with Crippen LogP contribution < -0.4 is 5.32 Å². The van der Waals surface area contributed by atoms with E-state index in [2.05, 4.69) is 12.2 Å². The summed E-state index contributed by atoms with van der Waals surface area (Å²) in [6.07, 6.45) is 6.03. The molecule has 2 N–H and O–H groups in total. The fraction of sp³-hybridized carbons (Fsp3) is 0.882. The molecule has 4 rings (SSSR count). The average molecular weight is 325 g/mol. The van der Waals surface area contributed by atoms with Gasteiger partial charge in [-0.05, 0) is 62.7 Å². The van der Waals surface area contributed by atoms with Gasteiger partial charge < -0.3 is 19.9 Å². The maximum absolute atomic E-state index is 12.1. The number of esters is 2. The van der Waals surface area contributed by atoms with E-state index >= 15 is 0 Å². The van der Waals surface area contributed by atoms with Crippen LogP contribution in [0, 0.1) is 23.7 Å². The number of hydrogen-bond donors (Lipinski definition) is 2.